The van der Waals surface area contributed by atoms with Crippen molar-refractivity contribution >= 4 is 5.78 Å². The first-order valence-electron chi connectivity index (χ1n) is 7.92. The zero-order valence-electron chi connectivity index (χ0n) is 14.0. The fourth-order valence-electron chi connectivity index (χ4n) is 4.00. The summed E-state index contributed by atoms with van der Waals surface area (Å²) < 4.78 is 22.7. The fourth-order valence-corrected chi connectivity index (χ4v) is 4.00. The Bertz CT molecular complexity index is 491. The Balaban J connectivity index is 1.83. The van der Waals surface area contributed by atoms with E-state index in [0.29, 0.717) is 13.0 Å². The second-order valence-electron chi connectivity index (χ2n) is 7.13. The van der Waals surface area contributed by atoms with Crippen molar-refractivity contribution in [1.82, 2.24) is 0 Å². The van der Waals surface area contributed by atoms with Crippen LogP contribution in [0.25, 0.3) is 0 Å². The molecule has 0 aromatic heterocycles. The molecule has 6 atom stereocenters. The highest BCUT2D eigenvalue weighted by Crippen LogP contribution is 2.58. The van der Waals surface area contributed by atoms with Crippen molar-refractivity contribution in [3.05, 3.63) is 11.6 Å². The first-order chi connectivity index (χ1) is 10.4. The summed E-state index contributed by atoms with van der Waals surface area (Å²) in [6.07, 6.45) is 2.80. The highest BCUT2D eigenvalue weighted by Gasteiger charge is 2.73. The number of ether oxygens (including phenoxy) is 4. The minimum atomic E-state index is -0.525. The van der Waals surface area contributed by atoms with Crippen molar-refractivity contribution in [3.8, 4) is 0 Å². The maximum Gasteiger partial charge on any atom is 0.190 e. The van der Waals surface area contributed by atoms with E-state index in [1.165, 1.54) is 5.57 Å². The van der Waals surface area contributed by atoms with Crippen LogP contribution < -0.4 is 0 Å². The molecule has 0 radical (unpaired) electrons. The molecular weight excluding hydrogens is 284 g/mol. The maximum atomic E-state index is 12.6. The number of carbonyl (C=O) groups excluding carboxylic acids is 1. The zero-order valence-corrected chi connectivity index (χ0v) is 14.0. The van der Waals surface area contributed by atoms with Gasteiger partial charge in [0.15, 0.2) is 5.78 Å². The molecular formula is C17H26O5. The SMILES string of the molecule is CO[C@H]1C[C@]2(CO2)[C@@H](C2(C)O[C@@H]2CC=C(C)C)[C@H](OC)C1=O. The molecule has 3 rings (SSSR count). The van der Waals surface area contributed by atoms with Gasteiger partial charge in [-0.05, 0) is 27.2 Å². The standard InChI is InChI=1S/C17H26O5/c1-10(2)6-7-12-16(3,22-12)15-14(20-5)13(18)11(19-4)8-17(15)9-21-17/h6,11-12,14-15H,7-9H2,1-5H3/t11-,12+,14+,15+,16?,17-/m0/s1. The van der Waals surface area contributed by atoms with E-state index < -0.39 is 12.2 Å². The van der Waals surface area contributed by atoms with Crippen LogP contribution in [0.5, 0.6) is 0 Å². The van der Waals surface area contributed by atoms with Gasteiger partial charge in [0, 0.05) is 20.6 Å². The van der Waals surface area contributed by atoms with Crippen LogP contribution in [0.2, 0.25) is 0 Å². The van der Waals surface area contributed by atoms with E-state index in [0.717, 1.165) is 6.42 Å². The number of hydrogen-bond acceptors (Lipinski definition) is 5. The van der Waals surface area contributed by atoms with Crippen molar-refractivity contribution in [2.45, 2.75) is 63.1 Å². The monoisotopic (exact) mass is 310 g/mol. The molecule has 1 aliphatic carbocycles. The van der Waals surface area contributed by atoms with Gasteiger partial charge < -0.3 is 18.9 Å². The van der Waals surface area contributed by atoms with E-state index in [-0.39, 0.29) is 29.0 Å². The van der Waals surface area contributed by atoms with Crippen molar-refractivity contribution in [1.29, 1.82) is 0 Å². The van der Waals surface area contributed by atoms with Crippen molar-refractivity contribution in [2.75, 3.05) is 20.8 Å². The van der Waals surface area contributed by atoms with Crippen LogP contribution in [-0.4, -0.2) is 56.1 Å². The number of allylic oxidation sites excluding steroid dienone is 1. The minimum absolute atomic E-state index is 0.00816. The molecule has 124 valence electrons. The largest absolute Gasteiger partial charge is 0.373 e. The molecule has 0 N–H and O–H groups in total. The Kier molecular flexibility index (Phi) is 3.96. The normalized spacial score (nSPS) is 46.7. The van der Waals surface area contributed by atoms with E-state index in [4.69, 9.17) is 18.9 Å². The molecule has 0 amide bonds. The molecule has 3 fully saturated rings. The Morgan fingerprint density at radius 3 is 2.55 bits per heavy atom. The van der Waals surface area contributed by atoms with Crippen LogP contribution in [0.1, 0.15) is 33.6 Å². The van der Waals surface area contributed by atoms with Gasteiger partial charge in [-0.2, -0.15) is 0 Å². The van der Waals surface area contributed by atoms with Gasteiger partial charge in [-0.15, -0.1) is 0 Å². The quantitative estimate of drug-likeness (QED) is 0.573. The Morgan fingerprint density at radius 2 is 2.05 bits per heavy atom. The van der Waals surface area contributed by atoms with E-state index in [1.807, 2.05) is 0 Å². The summed E-state index contributed by atoms with van der Waals surface area (Å²) in [7, 11) is 3.15. The Labute approximate surface area is 131 Å². The molecule has 5 nitrogen and oxygen atoms in total. The van der Waals surface area contributed by atoms with Crippen molar-refractivity contribution in [3.63, 3.8) is 0 Å². The van der Waals surface area contributed by atoms with E-state index in [1.54, 1.807) is 14.2 Å². The molecule has 0 aromatic rings. The molecule has 2 aliphatic heterocycles. The van der Waals surface area contributed by atoms with Gasteiger partial charge in [0.05, 0.1) is 18.6 Å². The van der Waals surface area contributed by atoms with Crippen LogP contribution in [0.3, 0.4) is 0 Å². The predicted molar refractivity (Wildman–Crippen MR) is 80.7 cm³/mol. The third kappa shape index (κ3) is 2.44. The average Bonchev–Trinajstić information content (AvgIpc) is 3.37. The lowest BCUT2D eigenvalue weighted by atomic mass is 9.68. The minimum Gasteiger partial charge on any atom is -0.373 e. The summed E-state index contributed by atoms with van der Waals surface area (Å²) in [4.78, 5) is 12.6. The van der Waals surface area contributed by atoms with E-state index in [2.05, 4.69) is 26.8 Å². The highest BCUT2D eigenvalue weighted by molar-refractivity contribution is 5.89. The third-order valence-electron chi connectivity index (χ3n) is 5.39. The number of rotatable bonds is 5. The fraction of sp³-hybridized carbons (Fsp3) is 0.824. The van der Waals surface area contributed by atoms with Crippen LogP contribution in [0.4, 0.5) is 0 Å². The van der Waals surface area contributed by atoms with Gasteiger partial charge in [-0.3, -0.25) is 4.79 Å². The topological polar surface area (TPSA) is 60.6 Å². The number of ketones is 1. The van der Waals surface area contributed by atoms with Crippen molar-refractivity contribution in [2.24, 2.45) is 5.92 Å². The zero-order chi connectivity index (χ0) is 16.1. The van der Waals surface area contributed by atoms with Crippen LogP contribution in [0, 0.1) is 5.92 Å². The summed E-state index contributed by atoms with van der Waals surface area (Å²) in [5.41, 5.74) is 0.582. The molecule has 5 heteroatoms. The van der Waals surface area contributed by atoms with Gasteiger partial charge in [0.2, 0.25) is 0 Å². The first kappa shape index (κ1) is 16.1. The molecule has 1 saturated carbocycles. The van der Waals surface area contributed by atoms with E-state index >= 15 is 0 Å². The molecule has 1 spiro atoms. The van der Waals surface area contributed by atoms with Crippen molar-refractivity contribution < 1.29 is 23.7 Å². The van der Waals surface area contributed by atoms with Gasteiger partial charge in [-0.1, -0.05) is 11.6 Å². The maximum absolute atomic E-state index is 12.6. The number of carbonyl (C=O) groups is 1. The van der Waals surface area contributed by atoms with Crippen LogP contribution in [0.15, 0.2) is 11.6 Å². The smallest absolute Gasteiger partial charge is 0.190 e. The molecule has 22 heavy (non-hydrogen) atoms. The Morgan fingerprint density at radius 1 is 1.36 bits per heavy atom. The molecule has 3 aliphatic rings. The Hall–Kier alpha value is -0.750. The second-order valence-corrected chi connectivity index (χ2v) is 7.13. The number of Topliss-reactive ketones (excluding diaryl/α,β-unsaturated/α-hetero) is 1. The lowest BCUT2D eigenvalue weighted by Gasteiger charge is -2.40. The third-order valence-corrected chi connectivity index (χ3v) is 5.39. The molecule has 0 aromatic carbocycles. The lowest BCUT2D eigenvalue weighted by Crippen LogP contribution is -2.58. The highest BCUT2D eigenvalue weighted by atomic mass is 16.6. The predicted octanol–water partition coefficient (Wildman–Crippen LogP) is 1.89. The summed E-state index contributed by atoms with van der Waals surface area (Å²) >= 11 is 0. The van der Waals surface area contributed by atoms with E-state index in [9.17, 15) is 4.79 Å². The van der Waals surface area contributed by atoms with Crippen LogP contribution in [-0.2, 0) is 23.7 Å². The number of hydrogen-bond donors (Lipinski definition) is 0. The van der Waals surface area contributed by atoms with Crippen LogP contribution >= 0.6 is 0 Å². The van der Waals surface area contributed by atoms with Gasteiger partial charge in [0.1, 0.15) is 23.4 Å². The summed E-state index contributed by atoms with van der Waals surface area (Å²) in [6.45, 7) is 6.89. The molecule has 2 saturated heterocycles. The summed E-state index contributed by atoms with van der Waals surface area (Å²) in [5, 5.41) is 0. The summed E-state index contributed by atoms with van der Waals surface area (Å²) in [5.74, 6) is -0.0618. The van der Waals surface area contributed by atoms with Gasteiger partial charge in [0.25, 0.3) is 0 Å². The lowest BCUT2D eigenvalue weighted by molar-refractivity contribution is -0.157. The number of methoxy groups -OCH3 is 2. The second kappa shape index (κ2) is 5.41. The molecule has 2 heterocycles. The van der Waals surface area contributed by atoms with Gasteiger partial charge >= 0.3 is 0 Å². The van der Waals surface area contributed by atoms with Gasteiger partial charge in [-0.25, -0.2) is 0 Å². The first-order valence-corrected chi connectivity index (χ1v) is 7.92. The molecule has 1 unspecified atom stereocenters. The summed E-state index contributed by atoms with van der Waals surface area (Å²) in [6, 6.07) is 0. The average molecular weight is 310 g/mol. The molecule has 0 bridgehead atoms. The number of epoxide rings is 2.